The number of likely N-dealkylation sites (N-methyl/N-ethyl adjacent to an activating group) is 1. The Labute approximate surface area is 178 Å². The first kappa shape index (κ1) is 22.5. The van der Waals surface area contributed by atoms with Gasteiger partial charge in [-0.15, -0.1) is 0 Å². The molecule has 0 atom stereocenters. The third-order valence-electron chi connectivity index (χ3n) is 3.66. The summed E-state index contributed by atoms with van der Waals surface area (Å²) in [4.78, 5) is 37.5. The molecule has 0 radical (unpaired) electrons. The van der Waals surface area contributed by atoms with Crippen LogP contribution in [0.3, 0.4) is 0 Å². The molecule has 29 heavy (non-hydrogen) atoms. The maximum atomic E-state index is 12.1. The smallest absolute Gasteiger partial charge is 0.325 e. The maximum absolute atomic E-state index is 12.1. The van der Waals surface area contributed by atoms with Crippen LogP contribution in [0.25, 0.3) is 0 Å². The number of nitrogens with zero attached hydrogens (tertiary/aromatic N) is 1. The number of methoxy groups -OCH3 is 1. The zero-order valence-corrected chi connectivity index (χ0v) is 17.3. The summed E-state index contributed by atoms with van der Waals surface area (Å²) in [6, 6.07) is 10.8. The van der Waals surface area contributed by atoms with Crippen molar-refractivity contribution in [2.45, 2.75) is 0 Å². The molecule has 154 valence electrons. The van der Waals surface area contributed by atoms with Crippen molar-refractivity contribution in [3.8, 4) is 5.75 Å². The van der Waals surface area contributed by atoms with E-state index in [1.54, 1.807) is 49.5 Å². The molecule has 8 nitrogen and oxygen atoms in total. The van der Waals surface area contributed by atoms with Crippen LogP contribution >= 0.6 is 23.2 Å². The number of halogens is 2. The van der Waals surface area contributed by atoms with Crippen LogP contribution in [-0.4, -0.2) is 50.0 Å². The first-order valence-corrected chi connectivity index (χ1v) is 9.21. The maximum Gasteiger partial charge on any atom is 0.325 e. The van der Waals surface area contributed by atoms with Gasteiger partial charge in [0.1, 0.15) is 5.75 Å². The molecule has 2 aromatic carbocycles. The zero-order chi connectivity index (χ0) is 21.4. The fraction of sp³-hybridized carbons (Fsp3) is 0.211. The van der Waals surface area contributed by atoms with Gasteiger partial charge in [0.25, 0.3) is 0 Å². The topological polar surface area (TPSA) is 99.8 Å². The summed E-state index contributed by atoms with van der Waals surface area (Å²) in [5.74, 6) is -0.329. The molecule has 4 amide bonds. The lowest BCUT2D eigenvalue weighted by Crippen LogP contribution is -2.42. The molecule has 0 aliphatic heterocycles. The minimum Gasteiger partial charge on any atom is -0.497 e. The highest BCUT2D eigenvalue weighted by atomic mass is 35.5. The minimum atomic E-state index is -0.680. The molecule has 3 N–H and O–H groups in total. The first-order chi connectivity index (χ1) is 13.8. The number of rotatable bonds is 7. The van der Waals surface area contributed by atoms with Crippen LogP contribution in [0.2, 0.25) is 10.0 Å². The average Bonchev–Trinajstić information content (AvgIpc) is 2.65. The fourth-order valence-corrected chi connectivity index (χ4v) is 2.84. The van der Waals surface area contributed by atoms with Crippen LogP contribution < -0.4 is 20.7 Å². The highest BCUT2D eigenvalue weighted by Gasteiger charge is 2.15. The van der Waals surface area contributed by atoms with E-state index in [4.69, 9.17) is 27.9 Å². The van der Waals surface area contributed by atoms with Crippen molar-refractivity contribution < 1.29 is 19.1 Å². The molecular formula is C19H20Cl2N4O4. The third-order valence-corrected chi connectivity index (χ3v) is 4.29. The van der Waals surface area contributed by atoms with Crippen LogP contribution in [0.15, 0.2) is 42.5 Å². The summed E-state index contributed by atoms with van der Waals surface area (Å²) in [5, 5.41) is 7.94. The van der Waals surface area contributed by atoms with E-state index in [9.17, 15) is 14.4 Å². The second-order valence-corrected chi connectivity index (χ2v) is 6.86. The van der Waals surface area contributed by atoms with E-state index in [-0.39, 0.29) is 13.1 Å². The predicted octanol–water partition coefficient (Wildman–Crippen LogP) is 3.22. The Bertz CT molecular complexity index is 870. The van der Waals surface area contributed by atoms with Gasteiger partial charge in [0.15, 0.2) is 0 Å². The molecule has 0 aromatic heterocycles. The van der Waals surface area contributed by atoms with Crippen molar-refractivity contribution in [2.75, 3.05) is 37.9 Å². The van der Waals surface area contributed by atoms with Crippen LogP contribution in [0.4, 0.5) is 16.2 Å². The number of carbonyl (C=O) groups excluding carboxylic acids is 3. The van der Waals surface area contributed by atoms with E-state index < -0.39 is 17.8 Å². The van der Waals surface area contributed by atoms with E-state index in [2.05, 4.69) is 16.0 Å². The number of carbonyl (C=O) groups is 3. The van der Waals surface area contributed by atoms with Gasteiger partial charge in [0.2, 0.25) is 11.8 Å². The Morgan fingerprint density at radius 1 is 0.931 bits per heavy atom. The molecule has 0 bridgehead atoms. The summed E-state index contributed by atoms with van der Waals surface area (Å²) >= 11 is 12.0. The standard InChI is InChI=1S/C19H20Cl2N4O4/c1-25(10-16(26)23-18-14(20)4-3-5-15(18)21)11-17(27)24-19(28)22-12-6-8-13(29-2)9-7-12/h3-9H,10-11H2,1-2H3,(H,23,26)(H2,22,24,27,28). The van der Waals surface area contributed by atoms with Crippen molar-refractivity contribution in [2.24, 2.45) is 0 Å². The second-order valence-electron chi connectivity index (χ2n) is 6.05. The summed E-state index contributed by atoms with van der Waals surface area (Å²) < 4.78 is 5.03. The molecule has 0 heterocycles. The summed E-state index contributed by atoms with van der Waals surface area (Å²) in [5.41, 5.74) is 0.804. The Morgan fingerprint density at radius 2 is 1.52 bits per heavy atom. The van der Waals surface area contributed by atoms with Gasteiger partial charge in [-0.1, -0.05) is 29.3 Å². The largest absolute Gasteiger partial charge is 0.497 e. The number of nitrogens with one attached hydrogen (secondary N) is 3. The number of amides is 4. The van der Waals surface area contributed by atoms with Gasteiger partial charge in [-0.3, -0.25) is 19.8 Å². The number of ether oxygens (including phenoxy) is 1. The average molecular weight is 439 g/mol. The van der Waals surface area contributed by atoms with E-state index in [0.29, 0.717) is 27.2 Å². The van der Waals surface area contributed by atoms with Crippen LogP contribution in [-0.2, 0) is 9.59 Å². The normalized spacial score (nSPS) is 10.4. The molecule has 0 saturated carbocycles. The Balaban J connectivity index is 1.78. The van der Waals surface area contributed by atoms with Gasteiger partial charge in [-0.25, -0.2) is 4.79 Å². The number of anilines is 2. The van der Waals surface area contributed by atoms with Crippen molar-refractivity contribution in [3.63, 3.8) is 0 Å². The molecule has 0 aliphatic carbocycles. The van der Waals surface area contributed by atoms with Crippen molar-refractivity contribution >= 4 is 52.4 Å². The van der Waals surface area contributed by atoms with Gasteiger partial charge in [0.05, 0.1) is 35.9 Å². The van der Waals surface area contributed by atoms with Crippen LogP contribution in [0.1, 0.15) is 0 Å². The van der Waals surface area contributed by atoms with Crippen molar-refractivity contribution in [1.29, 1.82) is 0 Å². The van der Waals surface area contributed by atoms with Gasteiger partial charge in [0, 0.05) is 5.69 Å². The van der Waals surface area contributed by atoms with Crippen LogP contribution in [0.5, 0.6) is 5.75 Å². The number of urea groups is 1. The lowest BCUT2D eigenvalue weighted by molar-refractivity contribution is -0.121. The number of imide groups is 1. The number of benzene rings is 2. The molecular weight excluding hydrogens is 419 g/mol. The molecule has 0 saturated heterocycles. The quantitative estimate of drug-likeness (QED) is 0.615. The first-order valence-electron chi connectivity index (χ1n) is 8.45. The monoisotopic (exact) mass is 438 g/mol. The van der Waals surface area contributed by atoms with Crippen LogP contribution in [0, 0.1) is 0 Å². The summed E-state index contributed by atoms with van der Waals surface area (Å²) in [6.07, 6.45) is 0. The van der Waals surface area contributed by atoms with E-state index in [1.807, 2.05) is 0 Å². The molecule has 0 fully saturated rings. The molecule has 10 heteroatoms. The Morgan fingerprint density at radius 3 is 2.10 bits per heavy atom. The van der Waals surface area contributed by atoms with E-state index in [0.717, 1.165) is 0 Å². The zero-order valence-electron chi connectivity index (χ0n) is 15.8. The highest BCUT2D eigenvalue weighted by Crippen LogP contribution is 2.29. The number of hydrogen-bond donors (Lipinski definition) is 3. The molecule has 0 spiro atoms. The fourth-order valence-electron chi connectivity index (χ4n) is 2.35. The number of para-hydroxylation sites is 1. The van der Waals surface area contributed by atoms with Crippen molar-refractivity contribution in [1.82, 2.24) is 10.2 Å². The van der Waals surface area contributed by atoms with E-state index in [1.165, 1.54) is 12.0 Å². The van der Waals surface area contributed by atoms with Gasteiger partial charge >= 0.3 is 6.03 Å². The Hall–Kier alpha value is -2.81. The minimum absolute atomic E-state index is 0.102. The lowest BCUT2D eigenvalue weighted by atomic mass is 10.3. The second kappa shape index (κ2) is 10.7. The molecule has 0 unspecified atom stereocenters. The van der Waals surface area contributed by atoms with Crippen molar-refractivity contribution in [3.05, 3.63) is 52.5 Å². The van der Waals surface area contributed by atoms with Gasteiger partial charge < -0.3 is 15.4 Å². The molecule has 2 rings (SSSR count). The lowest BCUT2D eigenvalue weighted by Gasteiger charge is -2.16. The number of hydrogen-bond acceptors (Lipinski definition) is 5. The summed E-state index contributed by atoms with van der Waals surface area (Å²) in [6.45, 7) is -0.269. The SMILES string of the molecule is COc1ccc(NC(=O)NC(=O)CN(C)CC(=O)Nc2c(Cl)cccc2Cl)cc1. The Kier molecular flexibility index (Phi) is 8.26. The highest BCUT2D eigenvalue weighted by molar-refractivity contribution is 6.39. The molecule has 0 aliphatic rings. The van der Waals surface area contributed by atoms with Gasteiger partial charge in [-0.2, -0.15) is 0 Å². The molecule has 2 aromatic rings. The van der Waals surface area contributed by atoms with E-state index >= 15 is 0 Å². The third kappa shape index (κ3) is 7.26. The predicted molar refractivity (Wildman–Crippen MR) is 113 cm³/mol. The summed E-state index contributed by atoms with van der Waals surface area (Å²) in [7, 11) is 3.10. The van der Waals surface area contributed by atoms with Gasteiger partial charge in [-0.05, 0) is 43.4 Å².